The molecule has 136 valence electrons. The van der Waals surface area contributed by atoms with Gasteiger partial charge < -0.3 is 9.47 Å². The lowest BCUT2D eigenvalue weighted by atomic mass is 9.62. The fraction of sp³-hybridized carbons (Fsp3) is 0.952. The van der Waals surface area contributed by atoms with Crippen LogP contribution in [0.2, 0.25) is 0 Å². The first-order chi connectivity index (χ1) is 11.4. The van der Waals surface area contributed by atoms with Gasteiger partial charge in [-0.15, -0.1) is 0 Å². The Morgan fingerprint density at radius 2 is 1.62 bits per heavy atom. The summed E-state index contributed by atoms with van der Waals surface area (Å²) in [6, 6.07) is 0. The van der Waals surface area contributed by atoms with Crippen LogP contribution in [0, 0.1) is 59.2 Å². The van der Waals surface area contributed by atoms with Crippen molar-refractivity contribution in [1.82, 2.24) is 0 Å². The first-order valence-electron chi connectivity index (χ1n) is 10.2. The second-order valence-electron chi connectivity index (χ2n) is 9.67. The topological polar surface area (TPSA) is 35.5 Å². The van der Waals surface area contributed by atoms with E-state index in [1.54, 1.807) is 0 Å². The van der Waals surface area contributed by atoms with Gasteiger partial charge in [0.25, 0.3) is 0 Å². The van der Waals surface area contributed by atoms with Gasteiger partial charge in [0, 0.05) is 0 Å². The smallest absolute Gasteiger partial charge is 0.311 e. The lowest BCUT2D eigenvalue weighted by Gasteiger charge is -2.43. The van der Waals surface area contributed by atoms with E-state index >= 15 is 0 Å². The van der Waals surface area contributed by atoms with Crippen molar-refractivity contribution in [3.8, 4) is 0 Å². The third-order valence-corrected chi connectivity index (χ3v) is 8.09. The zero-order valence-electron chi connectivity index (χ0n) is 15.9. The van der Waals surface area contributed by atoms with E-state index in [0.717, 1.165) is 47.8 Å². The van der Waals surface area contributed by atoms with Crippen LogP contribution in [0.15, 0.2) is 0 Å². The van der Waals surface area contributed by atoms with E-state index in [1.165, 1.54) is 12.8 Å². The average Bonchev–Trinajstić information content (AvgIpc) is 3.25. The highest BCUT2D eigenvalue weighted by atomic mass is 16.7. The molecule has 0 spiro atoms. The monoisotopic (exact) mass is 334 g/mol. The summed E-state index contributed by atoms with van der Waals surface area (Å²) in [5, 5.41) is 0. The summed E-state index contributed by atoms with van der Waals surface area (Å²) >= 11 is 0. The third-order valence-electron chi connectivity index (χ3n) is 8.09. The normalized spacial score (nSPS) is 49.7. The van der Waals surface area contributed by atoms with E-state index in [0.29, 0.717) is 18.4 Å². The number of esters is 1. The molecular formula is C21H34O3. The molecule has 4 aliphatic carbocycles. The molecule has 0 radical (unpaired) electrons. The van der Waals surface area contributed by atoms with Crippen molar-refractivity contribution in [2.45, 2.75) is 60.2 Å². The molecule has 0 aliphatic heterocycles. The lowest BCUT2D eigenvalue weighted by molar-refractivity contribution is -0.184. The minimum atomic E-state index is -0.409. The number of rotatable bonds is 5. The van der Waals surface area contributed by atoms with Crippen LogP contribution in [0.1, 0.15) is 53.9 Å². The van der Waals surface area contributed by atoms with Gasteiger partial charge in [-0.3, -0.25) is 4.79 Å². The molecule has 0 aromatic carbocycles. The molecule has 3 nitrogen and oxygen atoms in total. The molecule has 24 heavy (non-hydrogen) atoms. The number of hydrogen-bond acceptors (Lipinski definition) is 3. The van der Waals surface area contributed by atoms with Crippen molar-refractivity contribution in [3.63, 3.8) is 0 Å². The summed E-state index contributed by atoms with van der Waals surface area (Å²) in [7, 11) is 0. The van der Waals surface area contributed by atoms with E-state index in [-0.39, 0.29) is 11.9 Å². The summed E-state index contributed by atoms with van der Waals surface area (Å²) in [4.78, 5) is 12.7. The van der Waals surface area contributed by atoms with Crippen molar-refractivity contribution in [1.29, 1.82) is 0 Å². The average molecular weight is 334 g/mol. The van der Waals surface area contributed by atoms with Crippen LogP contribution in [-0.4, -0.2) is 18.9 Å². The number of carbonyl (C=O) groups is 1. The summed E-state index contributed by atoms with van der Waals surface area (Å²) in [5.74, 6) is 7.28. The molecule has 0 saturated heterocycles. The van der Waals surface area contributed by atoms with Gasteiger partial charge in [0.2, 0.25) is 0 Å². The Hall–Kier alpha value is -0.570. The maximum atomic E-state index is 12.7. The lowest BCUT2D eigenvalue weighted by Crippen LogP contribution is -2.41. The van der Waals surface area contributed by atoms with E-state index in [4.69, 9.17) is 9.47 Å². The highest BCUT2D eigenvalue weighted by molar-refractivity contribution is 5.73. The van der Waals surface area contributed by atoms with Crippen molar-refractivity contribution in [2.75, 3.05) is 6.61 Å². The van der Waals surface area contributed by atoms with Crippen molar-refractivity contribution < 1.29 is 14.3 Å². The molecule has 4 aliphatic rings. The largest absolute Gasteiger partial charge is 0.436 e. The van der Waals surface area contributed by atoms with E-state index < -0.39 is 6.29 Å². The fourth-order valence-electron chi connectivity index (χ4n) is 7.11. The van der Waals surface area contributed by atoms with Crippen LogP contribution in [0.25, 0.3) is 0 Å². The van der Waals surface area contributed by atoms with E-state index in [2.05, 4.69) is 27.7 Å². The molecule has 4 bridgehead atoms. The highest BCUT2D eigenvalue weighted by Gasteiger charge is 2.66. The van der Waals surface area contributed by atoms with Crippen molar-refractivity contribution >= 4 is 5.97 Å². The minimum absolute atomic E-state index is 0.0145. The second-order valence-corrected chi connectivity index (χ2v) is 9.67. The Morgan fingerprint density at radius 3 is 2.29 bits per heavy atom. The van der Waals surface area contributed by atoms with Crippen molar-refractivity contribution in [3.05, 3.63) is 0 Å². The summed E-state index contributed by atoms with van der Waals surface area (Å²) in [6.07, 6.45) is 3.38. The molecule has 0 aromatic heterocycles. The van der Waals surface area contributed by atoms with Gasteiger partial charge in [0.05, 0.1) is 12.5 Å². The van der Waals surface area contributed by atoms with Crippen LogP contribution >= 0.6 is 0 Å². The first-order valence-corrected chi connectivity index (χ1v) is 10.2. The van der Waals surface area contributed by atoms with Gasteiger partial charge >= 0.3 is 5.97 Å². The summed E-state index contributed by atoms with van der Waals surface area (Å²) < 4.78 is 11.3. The molecule has 0 heterocycles. The molecular weight excluding hydrogens is 300 g/mol. The molecule has 0 aromatic rings. The van der Waals surface area contributed by atoms with Crippen molar-refractivity contribution in [2.24, 2.45) is 59.2 Å². The molecule has 4 rings (SSSR count). The van der Waals surface area contributed by atoms with Gasteiger partial charge in [0.1, 0.15) is 0 Å². The van der Waals surface area contributed by atoms with Crippen LogP contribution in [0.5, 0.6) is 0 Å². The Balaban J connectivity index is 1.39. The van der Waals surface area contributed by atoms with Gasteiger partial charge in [-0.1, -0.05) is 27.7 Å². The summed E-state index contributed by atoms with van der Waals surface area (Å²) in [6.45, 7) is 11.7. The standard InChI is InChI=1S/C21H34O3/c1-10(2)9-23-13(5)24-21(22)18-7-14-6-17(18)20-16-8-15(19(14)20)11(3)12(16)4/h10-20H,6-9H2,1-5H3. The molecule has 0 amide bonds. The number of ether oxygens (including phenoxy) is 2. The van der Waals surface area contributed by atoms with E-state index in [9.17, 15) is 4.79 Å². The molecule has 4 saturated carbocycles. The minimum Gasteiger partial charge on any atom is -0.436 e. The Kier molecular flexibility index (Phi) is 4.22. The number of fused-ring (bicyclic) bond motifs is 9. The Labute approximate surface area is 146 Å². The number of hydrogen-bond donors (Lipinski definition) is 0. The van der Waals surface area contributed by atoms with Crippen LogP contribution in [-0.2, 0) is 14.3 Å². The van der Waals surface area contributed by atoms with Gasteiger partial charge in [-0.25, -0.2) is 0 Å². The SMILES string of the molecule is CC(C)COC(C)OC(=O)C1CC2CC1C1C3CC(C(C)C3C)C21. The highest BCUT2D eigenvalue weighted by Crippen LogP contribution is 2.71. The summed E-state index contributed by atoms with van der Waals surface area (Å²) in [5.41, 5.74) is 0. The van der Waals surface area contributed by atoms with Crippen LogP contribution < -0.4 is 0 Å². The molecule has 0 N–H and O–H groups in total. The van der Waals surface area contributed by atoms with E-state index in [1.807, 2.05) is 6.92 Å². The molecule has 10 unspecified atom stereocenters. The van der Waals surface area contributed by atoms with Crippen LogP contribution in [0.4, 0.5) is 0 Å². The molecule has 4 fully saturated rings. The van der Waals surface area contributed by atoms with Crippen LogP contribution in [0.3, 0.4) is 0 Å². The second kappa shape index (κ2) is 6.00. The maximum absolute atomic E-state index is 12.7. The Bertz CT molecular complexity index is 501. The Morgan fingerprint density at radius 1 is 0.958 bits per heavy atom. The maximum Gasteiger partial charge on any atom is 0.311 e. The molecule has 3 heteroatoms. The molecule has 10 atom stereocenters. The fourth-order valence-corrected chi connectivity index (χ4v) is 7.11. The number of carbonyl (C=O) groups excluding carboxylic acids is 1. The zero-order valence-corrected chi connectivity index (χ0v) is 15.9. The quantitative estimate of drug-likeness (QED) is 0.426. The van der Waals surface area contributed by atoms with Gasteiger partial charge in [0.15, 0.2) is 6.29 Å². The first kappa shape index (κ1) is 16.9. The van der Waals surface area contributed by atoms with Gasteiger partial charge in [-0.05, 0) is 79.4 Å². The zero-order chi connectivity index (χ0) is 17.2. The predicted octanol–water partition coefficient (Wildman–Crippen LogP) is 4.36. The van der Waals surface area contributed by atoms with Gasteiger partial charge in [-0.2, -0.15) is 0 Å². The predicted molar refractivity (Wildman–Crippen MR) is 93.0 cm³/mol. The third kappa shape index (κ3) is 2.45.